The van der Waals surface area contributed by atoms with Crippen molar-refractivity contribution in [3.05, 3.63) is 29.6 Å². The molecular weight excluding hydrogens is 301 g/mol. The van der Waals surface area contributed by atoms with Crippen molar-refractivity contribution in [1.29, 1.82) is 0 Å². The normalized spacial score (nSPS) is 19.0. The zero-order valence-electron chi connectivity index (χ0n) is 13.6. The number of piperazine rings is 1. The predicted octanol–water partition coefficient (Wildman–Crippen LogP) is 1.82. The maximum Gasteiger partial charge on any atom is 0.318 e. The fraction of sp³-hybridized carbons (Fsp3) is 0.500. The van der Waals surface area contributed by atoms with E-state index in [1.165, 1.54) is 24.1 Å². The van der Waals surface area contributed by atoms with E-state index >= 15 is 0 Å². The smallest absolute Gasteiger partial charge is 0.318 e. The van der Waals surface area contributed by atoms with E-state index in [0.29, 0.717) is 25.1 Å². The van der Waals surface area contributed by atoms with Crippen molar-refractivity contribution >= 4 is 11.9 Å². The van der Waals surface area contributed by atoms with Crippen LogP contribution in [0, 0.1) is 5.82 Å². The summed E-state index contributed by atoms with van der Waals surface area (Å²) in [7, 11) is 1.40. The molecule has 1 saturated heterocycles. The molecule has 1 fully saturated rings. The van der Waals surface area contributed by atoms with Gasteiger partial charge in [0, 0.05) is 13.1 Å². The Bertz CT molecular complexity index is 594. The van der Waals surface area contributed by atoms with Crippen molar-refractivity contribution < 1.29 is 18.7 Å². The summed E-state index contributed by atoms with van der Waals surface area (Å²) in [5, 5.41) is 5.56. The number of carbonyl (C=O) groups excluding carboxylic acids is 2. The van der Waals surface area contributed by atoms with E-state index in [2.05, 4.69) is 10.6 Å². The quantitative estimate of drug-likeness (QED) is 0.888. The molecule has 1 aliphatic rings. The number of amides is 3. The lowest BCUT2D eigenvalue weighted by atomic mass is 10.1. The van der Waals surface area contributed by atoms with Gasteiger partial charge in [0.05, 0.1) is 13.2 Å². The van der Waals surface area contributed by atoms with Gasteiger partial charge in [-0.15, -0.1) is 0 Å². The highest BCUT2D eigenvalue weighted by Gasteiger charge is 2.32. The average molecular weight is 323 g/mol. The number of nitrogens with one attached hydrogen (secondary N) is 2. The molecule has 1 aromatic carbocycles. The minimum Gasteiger partial charge on any atom is -0.494 e. The predicted molar refractivity (Wildman–Crippen MR) is 83.7 cm³/mol. The van der Waals surface area contributed by atoms with Gasteiger partial charge in [0.15, 0.2) is 11.6 Å². The molecule has 7 heteroatoms. The first-order valence-electron chi connectivity index (χ1n) is 7.66. The van der Waals surface area contributed by atoms with Gasteiger partial charge in [0.1, 0.15) is 6.04 Å². The summed E-state index contributed by atoms with van der Waals surface area (Å²) in [6.45, 7) is 4.52. The molecule has 1 aliphatic heterocycles. The van der Waals surface area contributed by atoms with E-state index in [1.807, 2.05) is 6.92 Å². The lowest BCUT2D eigenvalue weighted by Gasteiger charge is -2.35. The Morgan fingerprint density at radius 1 is 1.57 bits per heavy atom. The Morgan fingerprint density at radius 2 is 2.30 bits per heavy atom. The van der Waals surface area contributed by atoms with Gasteiger partial charge in [-0.1, -0.05) is 13.0 Å². The lowest BCUT2D eigenvalue weighted by Crippen LogP contribution is -2.59. The molecule has 1 aromatic rings. The van der Waals surface area contributed by atoms with Gasteiger partial charge in [0.25, 0.3) is 0 Å². The van der Waals surface area contributed by atoms with Crippen molar-refractivity contribution in [1.82, 2.24) is 15.5 Å². The van der Waals surface area contributed by atoms with Crippen LogP contribution in [0.1, 0.15) is 31.9 Å². The van der Waals surface area contributed by atoms with Crippen LogP contribution in [0.5, 0.6) is 5.75 Å². The van der Waals surface area contributed by atoms with Crippen LogP contribution in [0.4, 0.5) is 9.18 Å². The maximum absolute atomic E-state index is 13.8. The Hall–Kier alpha value is -2.31. The Balaban J connectivity index is 2.06. The number of nitrogens with zero attached hydrogens (tertiary/aromatic N) is 1. The number of halogens is 1. The molecule has 1 heterocycles. The molecule has 0 radical (unpaired) electrons. The molecule has 0 unspecified atom stereocenters. The number of urea groups is 1. The number of hydrogen-bond acceptors (Lipinski definition) is 3. The van der Waals surface area contributed by atoms with Crippen LogP contribution in [0.15, 0.2) is 18.2 Å². The number of ether oxygens (including phenoxy) is 1. The summed E-state index contributed by atoms with van der Waals surface area (Å²) in [5.41, 5.74) is 0.631. The number of benzene rings is 1. The standard InChI is InChI=1S/C16H22FN3O3/c1-4-13-15(21)18-7-8-20(13)16(22)19-10(2)11-5-6-14(23-3)12(17)9-11/h5-6,9-10,13H,4,7-8H2,1-3H3,(H,18,21)(H,19,22)/t10-,13+/m0/s1. The summed E-state index contributed by atoms with van der Waals surface area (Å²) in [6, 6.07) is 3.39. The van der Waals surface area contributed by atoms with Crippen molar-refractivity contribution in [2.75, 3.05) is 20.2 Å². The summed E-state index contributed by atoms with van der Waals surface area (Å²) < 4.78 is 18.7. The van der Waals surface area contributed by atoms with Gasteiger partial charge in [0.2, 0.25) is 5.91 Å². The minimum absolute atomic E-state index is 0.142. The molecule has 3 amide bonds. The van der Waals surface area contributed by atoms with Crippen LogP contribution in [0.25, 0.3) is 0 Å². The van der Waals surface area contributed by atoms with Gasteiger partial charge in [-0.05, 0) is 31.0 Å². The molecule has 0 saturated carbocycles. The second-order valence-electron chi connectivity index (χ2n) is 5.47. The summed E-state index contributed by atoms with van der Waals surface area (Å²) in [4.78, 5) is 25.8. The molecule has 2 N–H and O–H groups in total. The van der Waals surface area contributed by atoms with E-state index in [9.17, 15) is 14.0 Å². The van der Waals surface area contributed by atoms with Gasteiger partial charge >= 0.3 is 6.03 Å². The van der Waals surface area contributed by atoms with E-state index < -0.39 is 11.9 Å². The summed E-state index contributed by atoms with van der Waals surface area (Å²) >= 11 is 0. The molecule has 0 spiro atoms. The molecule has 2 atom stereocenters. The van der Waals surface area contributed by atoms with Gasteiger partial charge in [-0.25, -0.2) is 9.18 Å². The van der Waals surface area contributed by atoms with Crippen LogP contribution in [0.3, 0.4) is 0 Å². The first kappa shape index (κ1) is 17.1. The highest BCUT2D eigenvalue weighted by molar-refractivity contribution is 5.88. The fourth-order valence-corrected chi connectivity index (χ4v) is 2.67. The van der Waals surface area contributed by atoms with Gasteiger partial charge < -0.3 is 20.3 Å². The topological polar surface area (TPSA) is 70.7 Å². The maximum atomic E-state index is 13.8. The van der Waals surface area contributed by atoms with Crippen molar-refractivity contribution in [2.45, 2.75) is 32.4 Å². The number of carbonyl (C=O) groups is 2. The first-order chi connectivity index (χ1) is 11.0. The third kappa shape index (κ3) is 3.72. The van der Waals surface area contributed by atoms with Crippen LogP contribution < -0.4 is 15.4 Å². The molecule has 6 nitrogen and oxygen atoms in total. The second-order valence-corrected chi connectivity index (χ2v) is 5.47. The summed E-state index contributed by atoms with van der Waals surface area (Å²) in [6.07, 6.45) is 0.546. The van der Waals surface area contributed by atoms with E-state index in [4.69, 9.17) is 4.74 Å². The van der Waals surface area contributed by atoms with Crippen molar-refractivity contribution in [2.24, 2.45) is 0 Å². The van der Waals surface area contributed by atoms with Gasteiger partial charge in [-0.3, -0.25) is 4.79 Å². The molecule has 2 rings (SSSR count). The third-order valence-corrected chi connectivity index (χ3v) is 3.99. The average Bonchev–Trinajstić information content (AvgIpc) is 2.54. The highest BCUT2D eigenvalue weighted by Crippen LogP contribution is 2.22. The summed E-state index contributed by atoms with van der Waals surface area (Å²) in [5.74, 6) is -0.460. The molecule has 0 aromatic heterocycles. The Kier molecular flexibility index (Phi) is 5.41. The van der Waals surface area contributed by atoms with Crippen LogP contribution in [-0.4, -0.2) is 43.1 Å². The molecular formula is C16H22FN3O3. The van der Waals surface area contributed by atoms with Crippen LogP contribution >= 0.6 is 0 Å². The zero-order chi connectivity index (χ0) is 17.0. The Morgan fingerprint density at radius 3 is 2.91 bits per heavy atom. The van der Waals surface area contributed by atoms with E-state index in [0.717, 1.165) is 0 Å². The fourth-order valence-electron chi connectivity index (χ4n) is 2.67. The van der Waals surface area contributed by atoms with Crippen LogP contribution in [-0.2, 0) is 4.79 Å². The SMILES string of the molecule is CC[C@@H]1C(=O)NCCN1C(=O)N[C@@H](C)c1ccc(OC)c(F)c1. The number of rotatable bonds is 4. The number of methoxy groups -OCH3 is 1. The van der Waals surface area contributed by atoms with Crippen LogP contribution in [0.2, 0.25) is 0 Å². The Labute approximate surface area is 135 Å². The van der Waals surface area contributed by atoms with E-state index in [-0.39, 0.29) is 23.7 Å². The van der Waals surface area contributed by atoms with Crippen molar-refractivity contribution in [3.63, 3.8) is 0 Å². The largest absolute Gasteiger partial charge is 0.494 e. The molecule has 0 aliphatic carbocycles. The first-order valence-corrected chi connectivity index (χ1v) is 7.66. The number of hydrogen-bond donors (Lipinski definition) is 2. The molecule has 23 heavy (non-hydrogen) atoms. The molecule has 126 valence electrons. The highest BCUT2D eigenvalue weighted by atomic mass is 19.1. The van der Waals surface area contributed by atoms with Gasteiger partial charge in [-0.2, -0.15) is 0 Å². The lowest BCUT2D eigenvalue weighted by molar-refractivity contribution is -0.127. The molecule has 0 bridgehead atoms. The van der Waals surface area contributed by atoms with E-state index in [1.54, 1.807) is 13.0 Å². The third-order valence-electron chi connectivity index (χ3n) is 3.99. The second kappa shape index (κ2) is 7.30. The minimum atomic E-state index is -0.477. The monoisotopic (exact) mass is 323 g/mol. The zero-order valence-corrected chi connectivity index (χ0v) is 13.6. The van der Waals surface area contributed by atoms with Crippen molar-refractivity contribution in [3.8, 4) is 5.75 Å².